The minimum Gasteiger partial charge on any atom is -0.354 e. The molecule has 0 bridgehead atoms. The number of pyridine rings is 1. The molecule has 2 aromatic heterocycles. The number of aromatic amines is 1. The minimum absolute atomic E-state index is 1.15. The fourth-order valence-electron chi connectivity index (χ4n) is 2.15. The summed E-state index contributed by atoms with van der Waals surface area (Å²) in [4.78, 5) is 7.54. The number of aromatic nitrogens is 2. The fourth-order valence-corrected chi connectivity index (χ4v) is 2.15. The van der Waals surface area contributed by atoms with Gasteiger partial charge in [0.2, 0.25) is 0 Å². The van der Waals surface area contributed by atoms with Crippen LogP contribution in [0, 0.1) is 6.92 Å². The molecule has 0 amide bonds. The summed E-state index contributed by atoms with van der Waals surface area (Å²) in [6.07, 6.45) is 3.63. The van der Waals surface area contributed by atoms with E-state index in [1.54, 1.807) is 0 Å². The zero-order valence-electron chi connectivity index (χ0n) is 10.2. The van der Waals surface area contributed by atoms with Gasteiger partial charge in [-0.1, -0.05) is 30.3 Å². The number of hydrogen-bond acceptors (Lipinski definition) is 1. The molecule has 0 saturated heterocycles. The zero-order chi connectivity index (χ0) is 12.4. The van der Waals surface area contributed by atoms with E-state index in [2.05, 4.69) is 47.2 Å². The van der Waals surface area contributed by atoms with Gasteiger partial charge in [0.1, 0.15) is 0 Å². The average Bonchev–Trinajstić information content (AvgIpc) is 2.83. The molecule has 3 rings (SSSR count). The largest absolute Gasteiger partial charge is 0.354 e. The lowest BCUT2D eigenvalue weighted by Crippen LogP contribution is -1.81. The third-order valence-electron chi connectivity index (χ3n) is 3.07. The second-order valence-corrected chi connectivity index (χ2v) is 4.34. The molecule has 0 fully saturated rings. The Morgan fingerprint density at radius 2 is 1.61 bits per heavy atom. The lowest BCUT2D eigenvalue weighted by Gasteiger charge is -1.99. The lowest BCUT2D eigenvalue weighted by atomic mass is 10.1. The third-order valence-corrected chi connectivity index (χ3v) is 3.07. The van der Waals surface area contributed by atoms with Crippen LogP contribution in [-0.4, -0.2) is 9.97 Å². The van der Waals surface area contributed by atoms with E-state index in [4.69, 9.17) is 0 Å². The molecule has 18 heavy (non-hydrogen) atoms. The highest BCUT2D eigenvalue weighted by molar-refractivity contribution is 5.71. The molecule has 3 aromatic rings. The normalized spacial score (nSPS) is 10.5. The molecule has 1 aromatic carbocycles. The second-order valence-electron chi connectivity index (χ2n) is 4.34. The Bertz CT molecular complexity index is 639. The van der Waals surface area contributed by atoms with Crippen molar-refractivity contribution in [3.8, 4) is 22.5 Å². The molecule has 0 unspecified atom stereocenters. The van der Waals surface area contributed by atoms with Gasteiger partial charge in [0.15, 0.2) is 0 Å². The predicted molar refractivity (Wildman–Crippen MR) is 74.2 cm³/mol. The summed E-state index contributed by atoms with van der Waals surface area (Å²) in [7, 11) is 0. The van der Waals surface area contributed by atoms with E-state index in [-0.39, 0.29) is 0 Å². The molecule has 0 spiro atoms. The highest BCUT2D eigenvalue weighted by Gasteiger charge is 2.07. The number of H-pyrrole nitrogens is 1. The van der Waals surface area contributed by atoms with Crippen LogP contribution in [0.1, 0.15) is 5.56 Å². The number of hydrogen-bond donors (Lipinski definition) is 1. The average molecular weight is 234 g/mol. The van der Waals surface area contributed by atoms with E-state index in [0.717, 1.165) is 11.4 Å². The van der Waals surface area contributed by atoms with Crippen LogP contribution < -0.4 is 0 Å². The molecular formula is C16H14N2. The summed E-state index contributed by atoms with van der Waals surface area (Å²) in [5.41, 5.74) is 5.95. The molecule has 2 nitrogen and oxygen atoms in total. The zero-order valence-corrected chi connectivity index (χ0v) is 10.2. The summed E-state index contributed by atoms with van der Waals surface area (Å²) < 4.78 is 0. The summed E-state index contributed by atoms with van der Waals surface area (Å²) in [5.74, 6) is 0. The van der Waals surface area contributed by atoms with E-state index in [9.17, 15) is 0 Å². The first-order valence-corrected chi connectivity index (χ1v) is 6.00. The highest BCUT2D eigenvalue weighted by atomic mass is 14.7. The molecular weight excluding hydrogens is 220 g/mol. The molecule has 0 saturated carbocycles. The summed E-state index contributed by atoms with van der Waals surface area (Å²) in [6, 6.07) is 16.6. The monoisotopic (exact) mass is 234 g/mol. The van der Waals surface area contributed by atoms with Crippen molar-refractivity contribution in [1.29, 1.82) is 0 Å². The van der Waals surface area contributed by atoms with Crippen LogP contribution >= 0.6 is 0 Å². The number of rotatable bonds is 2. The van der Waals surface area contributed by atoms with Gasteiger partial charge in [0, 0.05) is 29.3 Å². The van der Waals surface area contributed by atoms with E-state index in [0.29, 0.717) is 0 Å². The van der Waals surface area contributed by atoms with Crippen LogP contribution in [0.5, 0.6) is 0 Å². The Morgan fingerprint density at radius 3 is 2.33 bits per heavy atom. The van der Waals surface area contributed by atoms with Gasteiger partial charge >= 0.3 is 0 Å². The molecule has 1 N–H and O–H groups in total. The standard InChI is InChI=1S/C16H14N2/c1-12-11-15(13-5-3-2-4-6-13)18-16(12)14-7-9-17-10-8-14/h2-11,18H,1H3. The summed E-state index contributed by atoms with van der Waals surface area (Å²) in [6.45, 7) is 2.12. The van der Waals surface area contributed by atoms with Crippen molar-refractivity contribution in [1.82, 2.24) is 9.97 Å². The SMILES string of the molecule is Cc1cc(-c2ccccc2)[nH]c1-c1ccncc1. The van der Waals surface area contributed by atoms with Crippen molar-refractivity contribution >= 4 is 0 Å². The Balaban J connectivity index is 2.07. The maximum atomic E-state index is 4.05. The number of aryl methyl sites for hydroxylation is 1. The molecule has 0 aliphatic heterocycles. The maximum Gasteiger partial charge on any atom is 0.0489 e. The van der Waals surface area contributed by atoms with Gasteiger partial charge in [-0.25, -0.2) is 0 Å². The molecule has 0 aliphatic rings. The van der Waals surface area contributed by atoms with Crippen molar-refractivity contribution in [2.45, 2.75) is 6.92 Å². The molecule has 2 heterocycles. The summed E-state index contributed by atoms with van der Waals surface area (Å²) >= 11 is 0. The first-order chi connectivity index (χ1) is 8.84. The first-order valence-electron chi connectivity index (χ1n) is 6.00. The highest BCUT2D eigenvalue weighted by Crippen LogP contribution is 2.27. The van der Waals surface area contributed by atoms with Gasteiger partial charge < -0.3 is 4.98 Å². The van der Waals surface area contributed by atoms with Crippen LogP contribution in [0.3, 0.4) is 0 Å². The van der Waals surface area contributed by atoms with Crippen molar-refractivity contribution in [3.05, 3.63) is 66.5 Å². The van der Waals surface area contributed by atoms with Crippen LogP contribution in [0.25, 0.3) is 22.5 Å². The number of benzene rings is 1. The molecule has 2 heteroatoms. The van der Waals surface area contributed by atoms with E-state index in [1.807, 2.05) is 30.6 Å². The van der Waals surface area contributed by atoms with Crippen LogP contribution in [0.2, 0.25) is 0 Å². The quantitative estimate of drug-likeness (QED) is 0.712. The summed E-state index contributed by atoms with van der Waals surface area (Å²) in [5, 5.41) is 0. The van der Waals surface area contributed by atoms with Crippen molar-refractivity contribution < 1.29 is 0 Å². The second kappa shape index (κ2) is 4.49. The van der Waals surface area contributed by atoms with Crippen molar-refractivity contribution in [3.63, 3.8) is 0 Å². The Kier molecular flexibility index (Phi) is 2.69. The van der Waals surface area contributed by atoms with Gasteiger partial charge in [0.25, 0.3) is 0 Å². The van der Waals surface area contributed by atoms with Crippen LogP contribution in [-0.2, 0) is 0 Å². The van der Waals surface area contributed by atoms with E-state index in [1.165, 1.54) is 16.7 Å². The molecule has 88 valence electrons. The predicted octanol–water partition coefficient (Wildman–Crippen LogP) is 4.05. The van der Waals surface area contributed by atoms with Crippen LogP contribution in [0.15, 0.2) is 60.9 Å². The number of nitrogens with zero attached hydrogens (tertiary/aromatic N) is 1. The van der Waals surface area contributed by atoms with Crippen LogP contribution in [0.4, 0.5) is 0 Å². The van der Waals surface area contributed by atoms with E-state index >= 15 is 0 Å². The topological polar surface area (TPSA) is 28.7 Å². The maximum absolute atomic E-state index is 4.05. The van der Waals surface area contributed by atoms with Crippen molar-refractivity contribution in [2.75, 3.05) is 0 Å². The first kappa shape index (κ1) is 10.8. The van der Waals surface area contributed by atoms with Gasteiger partial charge in [-0.05, 0) is 36.2 Å². The third kappa shape index (κ3) is 1.93. The van der Waals surface area contributed by atoms with Gasteiger partial charge in [-0.2, -0.15) is 0 Å². The van der Waals surface area contributed by atoms with E-state index < -0.39 is 0 Å². The number of nitrogens with one attached hydrogen (secondary N) is 1. The minimum atomic E-state index is 1.15. The van der Waals surface area contributed by atoms with Gasteiger partial charge in [0.05, 0.1) is 0 Å². The van der Waals surface area contributed by atoms with Gasteiger partial charge in [-0.15, -0.1) is 0 Å². The lowest BCUT2D eigenvalue weighted by molar-refractivity contribution is 1.30. The molecule has 0 radical (unpaired) electrons. The van der Waals surface area contributed by atoms with Gasteiger partial charge in [-0.3, -0.25) is 4.98 Å². The Labute approximate surface area is 106 Å². The molecule has 0 atom stereocenters. The van der Waals surface area contributed by atoms with Crippen molar-refractivity contribution in [2.24, 2.45) is 0 Å². The molecule has 0 aliphatic carbocycles. The Hall–Kier alpha value is -2.35. The fraction of sp³-hybridized carbons (Fsp3) is 0.0625. The Morgan fingerprint density at radius 1 is 0.889 bits per heavy atom. The smallest absolute Gasteiger partial charge is 0.0489 e.